The highest BCUT2D eigenvalue weighted by Gasteiger charge is 2.54. The molecule has 1 saturated carbocycles. The van der Waals surface area contributed by atoms with Gasteiger partial charge in [-0.1, -0.05) is 23.9 Å². The summed E-state index contributed by atoms with van der Waals surface area (Å²) in [6.45, 7) is 9.11. The van der Waals surface area contributed by atoms with E-state index in [-0.39, 0.29) is 5.97 Å². The molecule has 18 heavy (non-hydrogen) atoms. The summed E-state index contributed by atoms with van der Waals surface area (Å²) >= 11 is 0. The first kappa shape index (κ1) is 13.4. The molecular formula is C14H21NO2Si. The molecule has 0 aromatic rings. The zero-order chi connectivity index (χ0) is 13.6. The third-order valence-electron chi connectivity index (χ3n) is 4.71. The van der Waals surface area contributed by atoms with Crippen molar-refractivity contribution >= 4 is 14.0 Å². The molecule has 0 radical (unpaired) electrons. The molecular weight excluding hydrogens is 242 g/mol. The molecule has 0 N–H and O–H groups in total. The van der Waals surface area contributed by atoms with E-state index < -0.39 is 13.5 Å². The fourth-order valence-corrected chi connectivity index (χ4v) is 6.57. The normalized spacial score (nSPS) is 33.2. The number of fused-ring (bicyclic) bond motifs is 1. The molecule has 0 saturated heterocycles. The van der Waals surface area contributed by atoms with E-state index in [1.807, 2.05) is 0 Å². The molecule has 0 bridgehead atoms. The van der Waals surface area contributed by atoms with E-state index in [0.717, 1.165) is 0 Å². The number of ether oxygens (including phenoxy) is 1. The zero-order valence-corrected chi connectivity index (χ0v) is 12.7. The van der Waals surface area contributed by atoms with Crippen LogP contribution < -0.4 is 0 Å². The number of rotatable bonds is 2. The summed E-state index contributed by atoms with van der Waals surface area (Å²) in [5.74, 6) is 0.136. The van der Waals surface area contributed by atoms with Gasteiger partial charge in [0.1, 0.15) is 0 Å². The minimum absolute atomic E-state index is 0.318. The Bertz CT molecular complexity index is 461. The topological polar surface area (TPSA) is 50.1 Å². The van der Waals surface area contributed by atoms with Crippen molar-refractivity contribution in [2.24, 2.45) is 11.3 Å². The monoisotopic (exact) mass is 263 g/mol. The lowest BCUT2D eigenvalue weighted by Gasteiger charge is -2.23. The number of allylic oxidation sites excluding steroid dienone is 2. The Kier molecular flexibility index (Phi) is 3.14. The second kappa shape index (κ2) is 4.24. The molecule has 4 heteroatoms. The van der Waals surface area contributed by atoms with Gasteiger partial charge >= 0.3 is 5.97 Å². The fraction of sp³-hybridized carbons (Fsp3) is 0.714. The Hall–Kier alpha value is -1.08. The summed E-state index contributed by atoms with van der Waals surface area (Å²) in [6.07, 6.45) is 1.28. The van der Waals surface area contributed by atoms with Crippen LogP contribution in [0.4, 0.5) is 0 Å². The third kappa shape index (κ3) is 1.81. The van der Waals surface area contributed by atoms with E-state index in [1.165, 1.54) is 16.8 Å². The molecule has 0 aromatic carbocycles. The van der Waals surface area contributed by atoms with Crippen LogP contribution in [0.15, 0.2) is 10.8 Å². The fourth-order valence-electron chi connectivity index (χ4n) is 3.48. The van der Waals surface area contributed by atoms with Crippen molar-refractivity contribution in [3.63, 3.8) is 0 Å². The molecule has 3 nitrogen and oxygen atoms in total. The zero-order valence-electron chi connectivity index (χ0n) is 11.7. The van der Waals surface area contributed by atoms with Crippen LogP contribution in [-0.4, -0.2) is 20.7 Å². The molecule has 1 fully saturated rings. The molecule has 0 amide bonds. The number of nitrogens with zero attached hydrogens (tertiary/aromatic N) is 1. The van der Waals surface area contributed by atoms with Gasteiger partial charge in [0.05, 0.1) is 20.7 Å². The summed E-state index contributed by atoms with van der Waals surface area (Å²) in [5, 5.41) is 10.9. The van der Waals surface area contributed by atoms with Gasteiger partial charge in [-0.2, -0.15) is 5.26 Å². The van der Waals surface area contributed by atoms with E-state index in [9.17, 15) is 10.1 Å². The lowest BCUT2D eigenvalue weighted by atomic mass is 9.87. The van der Waals surface area contributed by atoms with Crippen molar-refractivity contribution in [2.75, 3.05) is 6.61 Å². The highest BCUT2D eigenvalue weighted by Crippen LogP contribution is 2.55. The molecule has 1 heterocycles. The Morgan fingerprint density at radius 2 is 2.28 bits per heavy atom. The van der Waals surface area contributed by atoms with Gasteiger partial charge in [0, 0.05) is 0 Å². The largest absolute Gasteiger partial charge is 0.465 e. The predicted octanol–water partition coefficient (Wildman–Crippen LogP) is 3.05. The maximum atomic E-state index is 12.0. The number of carbonyl (C=O) groups excluding carboxylic acids is 1. The second-order valence-corrected chi connectivity index (χ2v) is 11.2. The summed E-state index contributed by atoms with van der Waals surface area (Å²) in [7, 11) is -1.25. The predicted molar refractivity (Wildman–Crippen MR) is 72.4 cm³/mol. The maximum Gasteiger partial charge on any atom is 0.326 e. The molecule has 98 valence electrons. The first-order chi connectivity index (χ1) is 8.36. The summed E-state index contributed by atoms with van der Waals surface area (Å²) < 4.78 is 5.10. The van der Waals surface area contributed by atoms with Crippen LogP contribution in [0.25, 0.3) is 0 Å². The Balaban J connectivity index is 2.31. The van der Waals surface area contributed by atoms with Gasteiger partial charge in [-0.25, -0.2) is 0 Å². The number of esters is 1. The van der Waals surface area contributed by atoms with E-state index in [2.05, 4.69) is 26.1 Å². The van der Waals surface area contributed by atoms with Crippen LogP contribution in [-0.2, 0) is 9.53 Å². The SMILES string of the molecule is CCOC(=O)C1(C#N)CC2=C(C)[Si](C)(C)CC2C1. The molecule has 2 unspecified atom stereocenters. The second-order valence-electron chi connectivity index (χ2n) is 6.23. The number of hydrogen-bond donors (Lipinski definition) is 0. The van der Waals surface area contributed by atoms with Crippen LogP contribution in [0, 0.1) is 22.7 Å². The van der Waals surface area contributed by atoms with Gasteiger partial charge in [0.25, 0.3) is 0 Å². The van der Waals surface area contributed by atoms with Crippen LogP contribution >= 0.6 is 0 Å². The minimum atomic E-state index is -1.25. The van der Waals surface area contributed by atoms with Crippen molar-refractivity contribution < 1.29 is 9.53 Å². The van der Waals surface area contributed by atoms with Crippen molar-refractivity contribution in [1.29, 1.82) is 5.26 Å². The maximum absolute atomic E-state index is 12.0. The standard InChI is InChI=1S/C14H21NO2Si/c1-5-17-13(16)14(9-15)6-11-8-18(3,4)10(2)12(11)7-14/h11H,5-8H2,1-4H3. The summed E-state index contributed by atoms with van der Waals surface area (Å²) in [4.78, 5) is 12.0. The number of hydrogen-bond acceptors (Lipinski definition) is 3. The number of carbonyl (C=O) groups is 1. The molecule has 1 aliphatic heterocycles. The summed E-state index contributed by atoms with van der Waals surface area (Å²) in [6, 6.07) is 3.44. The molecule has 2 aliphatic rings. The molecule has 2 atom stereocenters. The highest BCUT2D eigenvalue weighted by atomic mass is 28.3. The number of nitriles is 1. The molecule has 0 aromatic heterocycles. The lowest BCUT2D eigenvalue weighted by molar-refractivity contribution is -0.151. The molecule has 1 aliphatic carbocycles. The van der Waals surface area contributed by atoms with E-state index in [4.69, 9.17) is 4.74 Å². The van der Waals surface area contributed by atoms with E-state index in [1.54, 1.807) is 6.92 Å². The van der Waals surface area contributed by atoms with Crippen molar-refractivity contribution in [3.8, 4) is 6.07 Å². The smallest absolute Gasteiger partial charge is 0.326 e. The third-order valence-corrected chi connectivity index (χ3v) is 8.58. The average Bonchev–Trinajstić information content (AvgIpc) is 2.76. The van der Waals surface area contributed by atoms with Gasteiger partial charge in [0.15, 0.2) is 5.41 Å². The Morgan fingerprint density at radius 3 is 2.78 bits per heavy atom. The Labute approximate surface area is 110 Å². The van der Waals surface area contributed by atoms with Gasteiger partial charge in [-0.3, -0.25) is 4.79 Å². The van der Waals surface area contributed by atoms with Crippen LogP contribution in [0.1, 0.15) is 26.7 Å². The first-order valence-electron chi connectivity index (χ1n) is 6.65. The van der Waals surface area contributed by atoms with Crippen LogP contribution in [0.2, 0.25) is 19.1 Å². The lowest BCUT2D eigenvalue weighted by Crippen LogP contribution is -2.31. The van der Waals surface area contributed by atoms with Crippen LogP contribution in [0.3, 0.4) is 0 Å². The average molecular weight is 263 g/mol. The van der Waals surface area contributed by atoms with Crippen molar-refractivity contribution in [3.05, 3.63) is 10.8 Å². The van der Waals surface area contributed by atoms with E-state index in [0.29, 0.717) is 25.4 Å². The van der Waals surface area contributed by atoms with Crippen molar-refractivity contribution in [1.82, 2.24) is 0 Å². The first-order valence-corrected chi connectivity index (χ1v) is 9.85. The molecule has 0 spiro atoms. The quantitative estimate of drug-likeness (QED) is 0.568. The van der Waals surface area contributed by atoms with Crippen LogP contribution in [0.5, 0.6) is 0 Å². The van der Waals surface area contributed by atoms with E-state index >= 15 is 0 Å². The van der Waals surface area contributed by atoms with Gasteiger partial charge in [-0.05, 0) is 38.7 Å². The van der Waals surface area contributed by atoms with Gasteiger partial charge in [-0.15, -0.1) is 0 Å². The van der Waals surface area contributed by atoms with Gasteiger partial charge < -0.3 is 4.74 Å². The van der Waals surface area contributed by atoms with Crippen molar-refractivity contribution in [2.45, 2.75) is 45.8 Å². The Morgan fingerprint density at radius 1 is 1.61 bits per heavy atom. The summed E-state index contributed by atoms with van der Waals surface area (Å²) in [5.41, 5.74) is 0.489. The highest BCUT2D eigenvalue weighted by molar-refractivity contribution is 6.85. The molecule has 2 rings (SSSR count). The van der Waals surface area contributed by atoms with Gasteiger partial charge in [0.2, 0.25) is 0 Å². The minimum Gasteiger partial charge on any atom is -0.465 e.